The van der Waals surface area contributed by atoms with Gasteiger partial charge in [-0.1, -0.05) is 19.3 Å². The molecule has 1 aliphatic carbocycles. The van der Waals surface area contributed by atoms with Crippen molar-refractivity contribution in [3.8, 4) is 11.5 Å². The highest BCUT2D eigenvalue weighted by molar-refractivity contribution is 5.40. The van der Waals surface area contributed by atoms with E-state index in [0.717, 1.165) is 25.7 Å². The van der Waals surface area contributed by atoms with Crippen molar-refractivity contribution >= 4 is 0 Å². The summed E-state index contributed by atoms with van der Waals surface area (Å²) in [7, 11) is 1.59. The Hall–Kier alpha value is -1.26. The van der Waals surface area contributed by atoms with Gasteiger partial charge in [0.15, 0.2) is 0 Å². The Kier molecular flexibility index (Phi) is 4.66. The molecular formula is C15H22O4. The lowest BCUT2D eigenvalue weighted by molar-refractivity contribution is -0.0343. The quantitative estimate of drug-likeness (QED) is 0.858. The molecule has 0 amide bonds. The lowest BCUT2D eigenvalue weighted by Crippen LogP contribution is -2.38. The van der Waals surface area contributed by atoms with Gasteiger partial charge in [0.2, 0.25) is 0 Å². The number of aliphatic hydroxyl groups excluding tert-OH is 1. The molecule has 0 aliphatic heterocycles. The van der Waals surface area contributed by atoms with E-state index in [9.17, 15) is 10.2 Å². The van der Waals surface area contributed by atoms with Crippen LogP contribution in [-0.4, -0.2) is 29.5 Å². The normalized spacial score (nSPS) is 18.1. The summed E-state index contributed by atoms with van der Waals surface area (Å²) in [6.07, 6.45) is 4.84. The summed E-state index contributed by atoms with van der Waals surface area (Å²) in [5, 5.41) is 19.7. The van der Waals surface area contributed by atoms with Gasteiger partial charge in [0, 0.05) is 11.6 Å². The zero-order chi connectivity index (χ0) is 13.7. The third-order valence-electron chi connectivity index (χ3n) is 3.73. The summed E-state index contributed by atoms with van der Waals surface area (Å²) in [5.74, 6) is 1.27. The fourth-order valence-electron chi connectivity index (χ4n) is 2.49. The minimum absolute atomic E-state index is 0.0856. The van der Waals surface area contributed by atoms with Gasteiger partial charge in [-0.05, 0) is 25.0 Å². The van der Waals surface area contributed by atoms with Crippen molar-refractivity contribution in [2.24, 2.45) is 0 Å². The summed E-state index contributed by atoms with van der Waals surface area (Å²) in [5.41, 5.74) is -0.0196. The molecule has 0 heterocycles. The maximum atomic E-state index is 10.4. The van der Waals surface area contributed by atoms with Gasteiger partial charge in [0.25, 0.3) is 0 Å². The molecule has 0 aromatic heterocycles. The van der Waals surface area contributed by atoms with E-state index < -0.39 is 5.60 Å². The largest absolute Gasteiger partial charge is 0.497 e. The first-order valence-corrected chi connectivity index (χ1v) is 6.80. The van der Waals surface area contributed by atoms with Crippen LogP contribution >= 0.6 is 0 Å². The molecule has 4 nitrogen and oxygen atoms in total. The third-order valence-corrected chi connectivity index (χ3v) is 3.73. The topological polar surface area (TPSA) is 58.9 Å². The molecule has 0 saturated heterocycles. The molecule has 0 radical (unpaired) electrons. The van der Waals surface area contributed by atoms with Crippen LogP contribution in [0.3, 0.4) is 0 Å². The summed E-state index contributed by atoms with van der Waals surface area (Å²) < 4.78 is 10.9. The minimum Gasteiger partial charge on any atom is -0.497 e. The first-order chi connectivity index (χ1) is 9.17. The van der Waals surface area contributed by atoms with E-state index in [1.165, 1.54) is 6.42 Å². The maximum absolute atomic E-state index is 10.4. The molecule has 1 fully saturated rings. The second kappa shape index (κ2) is 6.26. The summed E-state index contributed by atoms with van der Waals surface area (Å²) in [4.78, 5) is 0. The predicted molar refractivity (Wildman–Crippen MR) is 72.4 cm³/mol. The molecule has 1 aromatic rings. The molecule has 1 aromatic carbocycles. The van der Waals surface area contributed by atoms with Crippen LogP contribution in [0.5, 0.6) is 11.5 Å². The average Bonchev–Trinajstić information content (AvgIpc) is 2.45. The number of ether oxygens (including phenoxy) is 2. The molecule has 1 saturated carbocycles. The van der Waals surface area contributed by atoms with Crippen molar-refractivity contribution < 1.29 is 19.7 Å². The van der Waals surface area contributed by atoms with Gasteiger partial charge in [-0.2, -0.15) is 0 Å². The number of aliphatic hydroxyl groups is 2. The monoisotopic (exact) mass is 266 g/mol. The van der Waals surface area contributed by atoms with E-state index in [1.807, 2.05) is 0 Å². The number of methoxy groups -OCH3 is 1. The van der Waals surface area contributed by atoms with E-state index in [0.29, 0.717) is 17.1 Å². The fraction of sp³-hybridized carbons (Fsp3) is 0.600. The van der Waals surface area contributed by atoms with Gasteiger partial charge >= 0.3 is 0 Å². The van der Waals surface area contributed by atoms with Crippen LogP contribution in [0.2, 0.25) is 0 Å². The molecule has 2 rings (SSSR count). The third kappa shape index (κ3) is 3.61. The van der Waals surface area contributed by atoms with Crippen LogP contribution in [0.1, 0.15) is 37.7 Å². The van der Waals surface area contributed by atoms with Gasteiger partial charge in [0.1, 0.15) is 18.1 Å². The first kappa shape index (κ1) is 14.2. The van der Waals surface area contributed by atoms with E-state index in [4.69, 9.17) is 9.47 Å². The summed E-state index contributed by atoms with van der Waals surface area (Å²) >= 11 is 0. The van der Waals surface area contributed by atoms with Crippen molar-refractivity contribution in [3.05, 3.63) is 23.8 Å². The number of hydrogen-bond donors (Lipinski definition) is 2. The lowest BCUT2D eigenvalue weighted by Gasteiger charge is -2.32. The molecule has 0 bridgehead atoms. The van der Waals surface area contributed by atoms with Crippen LogP contribution in [0.15, 0.2) is 18.2 Å². The Morgan fingerprint density at radius 3 is 2.58 bits per heavy atom. The zero-order valence-electron chi connectivity index (χ0n) is 11.4. The summed E-state index contributed by atoms with van der Waals surface area (Å²) in [6, 6.07) is 5.31. The zero-order valence-corrected chi connectivity index (χ0v) is 11.4. The minimum atomic E-state index is -0.728. The average molecular weight is 266 g/mol. The Balaban J connectivity index is 2.05. The fourth-order valence-corrected chi connectivity index (χ4v) is 2.49. The lowest BCUT2D eigenvalue weighted by atomic mass is 9.85. The molecule has 0 atom stereocenters. The van der Waals surface area contributed by atoms with E-state index in [-0.39, 0.29) is 13.2 Å². The van der Waals surface area contributed by atoms with Gasteiger partial charge in [-0.3, -0.25) is 0 Å². The van der Waals surface area contributed by atoms with Crippen molar-refractivity contribution in [2.75, 3.05) is 13.7 Å². The van der Waals surface area contributed by atoms with Gasteiger partial charge in [-0.25, -0.2) is 0 Å². The standard InChI is InChI=1S/C15H22O4/c1-18-13-6-5-12(10-16)14(9-13)19-11-15(17)7-3-2-4-8-15/h5-6,9,16-17H,2-4,7-8,10-11H2,1H3. The van der Waals surface area contributed by atoms with Crippen LogP contribution in [0.25, 0.3) is 0 Å². The van der Waals surface area contributed by atoms with Gasteiger partial charge in [0.05, 0.1) is 19.3 Å². The molecule has 4 heteroatoms. The van der Waals surface area contributed by atoms with E-state index in [1.54, 1.807) is 25.3 Å². The Bertz CT molecular complexity index is 411. The molecule has 106 valence electrons. The Morgan fingerprint density at radius 2 is 1.95 bits per heavy atom. The second-order valence-corrected chi connectivity index (χ2v) is 5.21. The highest BCUT2D eigenvalue weighted by Crippen LogP contribution is 2.31. The second-order valence-electron chi connectivity index (χ2n) is 5.21. The van der Waals surface area contributed by atoms with Crippen molar-refractivity contribution in [1.82, 2.24) is 0 Å². The molecule has 0 spiro atoms. The highest BCUT2D eigenvalue weighted by atomic mass is 16.5. The molecule has 19 heavy (non-hydrogen) atoms. The SMILES string of the molecule is COc1ccc(CO)c(OCC2(O)CCCCC2)c1. The van der Waals surface area contributed by atoms with Crippen molar-refractivity contribution in [1.29, 1.82) is 0 Å². The van der Waals surface area contributed by atoms with Crippen LogP contribution in [-0.2, 0) is 6.61 Å². The van der Waals surface area contributed by atoms with Crippen molar-refractivity contribution in [2.45, 2.75) is 44.3 Å². The Morgan fingerprint density at radius 1 is 1.21 bits per heavy atom. The smallest absolute Gasteiger partial charge is 0.128 e. The van der Waals surface area contributed by atoms with Gasteiger partial charge in [-0.15, -0.1) is 0 Å². The maximum Gasteiger partial charge on any atom is 0.128 e. The van der Waals surface area contributed by atoms with Crippen LogP contribution < -0.4 is 9.47 Å². The van der Waals surface area contributed by atoms with Crippen LogP contribution in [0.4, 0.5) is 0 Å². The molecule has 0 unspecified atom stereocenters. The molecular weight excluding hydrogens is 244 g/mol. The molecule has 1 aliphatic rings. The van der Waals surface area contributed by atoms with Gasteiger partial charge < -0.3 is 19.7 Å². The van der Waals surface area contributed by atoms with Crippen molar-refractivity contribution in [3.63, 3.8) is 0 Å². The van der Waals surface area contributed by atoms with E-state index >= 15 is 0 Å². The summed E-state index contributed by atoms with van der Waals surface area (Å²) in [6.45, 7) is 0.185. The number of hydrogen-bond acceptors (Lipinski definition) is 4. The predicted octanol–water partition coefficient (Wildman–Crippen LogP) is 2.26. The molecule has 2 N–H and O–H groups in total. The number of rotatable bonds is 5. The first-order valence-electron chi connectivity index (χ1n) is 6.80. The number of benzene rings is 1. The van der Waals surface area contributed by atoms with E-state index in [2.05, 4.69) is 0 Å². The van der Waals surface area contributed by atoms with Crippen LogP contribution in [0, 0.1) is 0 Å². The Labute approximate surface area is 114 Å². The highest BCUT2D eigenvalue weighted by Gasteiger charge is 2.30.